The van der Waals surface area contributed by atoms with Crippen LogP contribution in [0.25, 0.3) is 0 Å². The Hall–Kier alpha value is -2.58. The van der Waals surface area contributed by atoms with Gasteiger partial charge in [-0.2, -0.15) is 0 Å². The van der Waals surface area contributed by atoms with Gasteiger partial charge in [0.2, 0.25) is 12.7 Å². The first-order chi connectivity index (χ1) is 13.6. The van der Waals surface area contributed by atoms with E-state index in [0.717, 1.165) is 21.9 Å². The second kappa shape index (κ2) is 8.20. The van der Waals surface area contributed by atoms with E-state index in [9.17, 15) is 9.59 Å². The average Bonchev–Trinajstić information content (AvgIpc) is 3.39. The summed E-state index contributed by atoms with van der Waals surface area (Å²) in [6.45, 7) is 3.56. The predicted octanol–water partition coefficient (Wildman–Crippen LogP) is 1.89. The molecule has 0 bridgehead atoms. The summed E-state index contributed by atoms with van der Waals surface area (Å²) in [5.74, 6) is 1.66. The van der Waals surface area contributed by atoms with Crippen molar-refractivity contribution in [3.05, 3.63) is 46.2 Å². The summed E-state index contributed by atoms with van der Waals surface area (Å²) in [4.78, 5) is 31.4. The fraction of sp³-hybridized carbons (Fsp3) is 0.400. The van der Waals surface area contributed by atoms with Crippen LogP contribution in [0.2, 0.25) is 0 Å². The van der Waals surface area contributed by atoms with Gasteiger partial charge in [0, 0.05) is 32.7 Å². The Kier molecular flexibility index (Phi) is 5.50. The second-order valence-electron chi connectivity index (χ2n) is 7.01. The molecule has 1 aromatic heterocycles. The molecule has 2 aliphatic rings. The van der Waals surface area contributed by atoms with Gasteiger partial charge < -0.3 is 19.3 Å². The molecular weight excluding hydrogens is 378 g/mol. The molecule has 1 fully saturated rings. The third-order valence-electron chi connectivity index (χ3n) is 4.95. The largest absolute Gasteiger partial charge is 0.454 e. The fourth-order valence-corrected chi connectivity index (χ4v) is 4.14. The van der Waals surface area contributed by atoms with Crippen LogP contribution in [0.5, 0.6) is 11.5 Å². The SMILES string of the molecule is CN(CC(=O)N1CCN(C(=O)c2cccs2)CC1)Cc1ccc2c(c1)OCO2. The highest BCUT2D eigenvalue weighted by molar-refractivity contribution is 7.12. The van der Waals surface area contributed by atoms with Crippen molar-refractivity contribution in [3.63, 3.8) is 0 Å². The Bertz CT molecular complexity index is 847. The number of carbonyl (C=O) groups is 2. The molecule has 8 heteroatoms. The minimum Gasteiger partial charge on any atom is -0.454 e. The van der Waals surface area contributed by atoms with E-state index >= 15 is 0 Å². The molecule has 0 saturated carbocycles. The van der Waals surface area contributed by atoms with Crippen molar-refractivity contribution in [1.29, 1.82) is 0 Å². The van der Waals surface area contributed by atoms with Crippen molar-refractivity contribution in [2.75, 3.05) is 46.6 Å². The van der Waals surface area contributed by atoms with E-state index < -0.39 is 0 Å². The molecule has 0 atom stereocenters. The van der Waals surface area contributed by atoms with Crippen LogP contribution in [0, 0.1) is 0 Å². The molecule has 0 radical (unpaired) electrons. The number of likely N-dealkylation sites (N-methyl/N-ethyl adjacent to an activating group) is 1. The van der Waals surface area contributed by atoms with E-state index in [1.165, 1.54) is 11.3 Å². The molecule has 1 aromatic carbocycles. The maximum Gasteiger partial charge on any atom is 0.264 e. The van der Waals surface area contributed by atoms with Crippen LogP contribution in [0.1, 0.15) is 15.2 Å². The second-order valence-corrected chi connectivity index (χ2v) is 7.96. The van der Waals surface area contributed by atoms with Gasteiger partial charge >= 0.3 is 0 Å². The number of amides is 2. The molecule has 1 saturated heterocycles. The number of rotatable bonds is 5. The summed E-state index contributed by atoms with van der Waals surface area (Å²) in [5, 5.41) is 1.91. The van der Waals surface area contributed by atoms with Gasteiger partial charge in [0.15, 0.2) is 11.5 Å². The van der Waals surface area contributed by atoms with Crippen LogP contribution in [-0.4, -0.2) is 73.1 Å². The standard InChI is InChI=1S/C20H23N3O4S/c1-21(12-15-4-5-16-17(11-15)27-14-26-16)13-19(24)22-6-8-23(9-7-22)20(25)18-3-2-10-28-18/h2-5,10-11H,6-9,12-14H2,1H3. The topological polar surface area (TPSA) is 62.3 Å². The van der Waals surface area contributed by atoms with Crippen molar-refractivity contribution in [3.8, 4) is 11.5 Å². The number of piperazine rings is 1. The van der Waals surface area contributed by atoms with Gasteiger partial charge in [-0.25, -0.2) is 0 Å². The van der Waals surface area contributed by atoms with Gasteiger partial charge in [0.1, 0.15) is 0 Å². The summed E-state index contributed by atoms with van der Waals surface area (Å²) in [7, 11) is 1.93. The highest BCUT2D eigenvalue weighted by atomic mass is 32.1. The van der Waals surface area contributed by atoms with Crippen molar-refractivity contribution in [2.24, 2.45) is 0 Å². The van der Waals surface area contributed by atoms with E-state index in [1.807, 2.05) is 57.5 Å². The maximum atomic E-state index is 12.6. The lowest BCUT2D eigenvalue weighted by Crippen LogP contribution is -2.52. The van der Waals surface area contributed by atoms with Gasteiger partial charge in [-0.1, -0.05) is 12.1 Å². The molecule has 2 aliphatic heterocycles. The Morgan fingerprint density at radius 2 is 1.82 bits per heavy atom. The minimum atomic E-state index is 0.0574. The fourth-order valence-electron chi connectivity index (χ4n) is 3.45. The van der Waals surface area contributed by atoms with Crippen LogP contribution in [0.3, 0.4) is 0 Å². The Morgan fingerprint density at radius 1 is 1.07 bits per heavy atom. The molecule has 148 valence electrons. The van der Waals surface area contributed by atoms with Crippen molar-refractivity contribution < 1.29 is 19.1 Å². The summed E-state index contributed by atoms with van der Waals surface area (Å²) >= 11 is 1.45. The van der Waals surface area contributed by atoms with Crippen LogP contribution in [-0.2, 0) is 11.3 Å². The van der Waals surface area contributed by atoms with Crippen LogP contribution in [0.15, 0.2) is 35.7 Å². The number of ether oxygens (including phenoxy) is 2. The normalized spacial score (nSPS) is 15.9. The Labute approximate surface area is 168 Å². The first kappa shape index (κ1) is 18.8. The zero-order chi connectivity index (χ0) is 19.5. The van der Waals surface area contributed by atoms with Crippen LogP contribution in [0.4, 0.5) is 0 Å². The molecule has 0 aliphatic carbocycles. The van der Waals surface area contributed by atoms with Crippen LogP contribution < -0.4 is 9.47 Å². The van der Waals surface area contributed by atoms with Crippen molar-refractivity contribution in [2.45, 2.75) is 6.54 Å². The predicted molar refractivity (Wildman–Crippen MR) is 106 cm³/mol. The average molecular weight is 401 g/mol. The summed E-state index contributed by atoms with van der Waals surface area (Å²) in [6.07, 6.45) is 0. The molecule has 7 nitrogen and oxygen atoms in total. The van der Waals surface area contributed by atoms with E-state index in [4.69, 9.17) is 9.47 Å². The molecule has 0 spiro atoms. The number of hydrogen-bond donors (Lipinski definition) is 0. The number of thiophene rings is 1. The minimum absolute atomic E-state index is 0.0574. The lowest BCUT2D eigenvalue weighted by molar-refractivity contribution is -0.133. The molecular formula is C20H23N3O4S. The van der Waals surface area contributed by atoms with Gasteiger partial charge in [-0.3, -0.25) is 14.5 Å². The van der Waals surface area contributed by atoms with Gasteiger partial charge in [0.05, 0.1) is 11.4 Å². The van der Waals surface area contributed by atoms with E-state index in [0.29, 0.717) is 39.3 Å². The number of nitrogens with zero attached hydrogens (tertiary/aromatic N) is 3. The molecule has 0 unspecified atom stereocenters. The van der Waals surface area contributed by atoms with Crippen LogP contribution >= 0.6 is 11.3 Å². The Balaban J connectivity index is 1.25. The number of hydrogen-bond acceptors (Lipinski definition) is 6. The number of fused-ring (bicyclic) bond motifs is 1. The molecule has 28 heavy (non-hydrogen) atoms. The molecule has 2 aromatic rings. The summed E-state index contributed by atoms with van der Waals surface area (Å²) in [5.41, 5.74) is 1.07. The quantitative estimate of drug-likeness (QED) is 0.766. The third-order valence-corrected chi connectivity index (χ3v) is 5.80. The van der Waals surface area contributed by atoms with Gasteiger partial charge in [0.25, 0.3) is 5.91 Å². The van der Waals surface area contributed by atoms with Gasteiger partial charge in [-0.15, -0.1) is 11.3 Å². The summed E-state index contributed by atoms with van der Waals surface area (Å²) in [6, 6.07) is 9.57. The third kappa shape index (κ3) is 4.13. The lowest BCUT2D eigenvalue weighted by atomic mass is 10.2. The first-order valence-corrected chi connectivity index (χ1v) is 10.2. The van der Waals surface area contributed by atoms with Crippen molar-refractivity contribution in [1.82, 2.24) is 14.7 Å². The van der Waals surface area contributed by atoms with E-state index in [-0.39, 0.29) is 18.6 Å². The summed E-state index contributed by atoms with van der Waals surface area (Å²) < 4.78 is 10.7. The molecule has 0 N–H and O–H groups in total. The van der Waals surface area contributed by atoms with Gasteiger partial charge in [-0.05, 0) is 36.2 Å². The van der Waals surface area contributed by atoms with E-state index in [1.54, 1.807) is 0 Å². The van der Waals surface area contributed by atoms with Crippen molar-refractivity contribution >= 4 is 23.2 Å². The lowest BCUT2D eigenvalue weighted by Gasteiger charge is -2.35. The number of benzene rings is 1. The molecule has 2 amide bonds. The monoisotopic (exact) mass is 401 g/mol. The zero-order valence-electron chi connectivity index (χ0n) is 15.8. The molecule has 4 rings (SSSR count). The first-order valence-electron chi connectivity index (χ1n) is 9.28. The molecule has 3 heterocycles. The maximum absolute atomic E-state index is 12.6. The zero-order valence-corrected chi connectivity index (χ0v) is 16.6. The Morgan fingerprint density at radius 3 is 2.57 bits per heavy atom. The highest BCUT2D eigenvalue weighted by Gasteiger charge is 2.25. The number of carbonyl (C=O) groups excluding carboxylic acids is 2. The highest BCUT2D eigenvalue weighted by Crippen LogP contribution is 2.32. The smallest absolute Gasteiger partial charge is 0.264 e. The van der Waals surface area contributed by atoms with E-state index in [2.05, 4.69) is 0 Å².